The average Bonchev–Trinajstić information content (AvgIpc) is 2.14. The van der Waals surface area contributed by atoms with Crippen LogP contribution in [-0.4, -0.2) is 30.4 Å². The Balaban J connectivity index is 3.79. The number of nitrogens with two attached hydrogens (primary N) is 1. The largest absolute Gasteiger partial charge is 0.343 e. The van der Waals surface area contributed by atoms with E-state index in [4.69, 9.17) is 5.73 Å². The first-order chi connectivity index (χ1) is 6.61. The number of rotatable bonds is 7. The molecule has 0 spiro atoms. The molecular weight excluding hydrogens is 176 g/mol. The van der Waals surface area contributed by atoms with Crippen LogP contribution >= 0.6 is 0 Å². The van der Waals surface area contributed by atoms with Crippen molar-refractivity contribution in [3.05, 3.63) is 0 Å². The van der Waals surface area contributed by atoms with E-state index in [1.54, 1.807) is 0 Å². The molecule has 0 saturated carbocycles. The smallest absolute Gasteiger partial charge is 0.222 e. The third kappa shape index (κ3) is 5.97. The van der Waals surface area contributed by atoms with Crippen LogP contribution in [0.2, 0.25) is 0 Å². The van der Waals surface area contributed by atoms with Gasteiger partial charge in [-0.3, -0.25) is 4.79 Å². The normalized spacial score (nSPS) is 10.6. The first-order valence-corrected chi connectivity index (χ1v) is 5.59. The fourth-order valence-electron chi connectivity index (χ4n) is 1.43. The van der Waals surface area contributed by atoms with Crippen LogP contribution in [0.15, 0.2) is 0 Å². The standard InChI is InChI=1S/C11H24N2O/c1-4-13(9-10(2)3)11(14)7-5-6-8-12/h10H,4-9,12H2,1-3H3. The second-order valence-electron chi connectivity index (χ2n) is 4.07. The van der Waals surface area contributed by atoms with Crippen molar-refractivity contribution < 1.29 is 4.79 Å². The fourth-order valence-corrected chi connectivity index (χ4v) is 1.43. The molecular formula is C11H24N2O. The van der Waals surface area contributed by atoms with Gasteiger partial charge in [0.05, 0.1) is 0 Å². The van der Waals surface area contributed by atoms with E-state index < -0.39 is 0 Å². The third-order valence-corrected chi connectivity index (χ3v) is 2.16. The fraction of sp³-hybridized carbons (Fsp3) is 0.909. The van der Waals surface area contributed by atoms with Gasteiger partial charge < -0.3 is 10.6 Å². The molecule has 0 heterocycles. The van der Waals surface area contributed by atoms with Gasteiger partial charge in [0.1, 0.15) is 0 Å². The summed E-state index contributed by atoms with van der Waals surface area (Å²) in [5.41, 5.74) is 5.38. The van der Waals surface area contributed by atoms with Crippen LogP contribution in [0.5, 0.6) is 0 Å². The SMILES string of the molecule is CCN(CC(C)C)C(=O)CCCCN. The molecule has 0 aromatic carbocycles. The van der Waals surface area contributed by atoms with Crippen LogP contribution in [0.4, 0.5) is 0 Å². The van der Waals surface area contributed by atoms with E-state index in [9.17, 15) is 4.79 Å². The molecule has 0 aliphatic heterocycles. The third-order valence-electron chi connectivity index (χ3n) is 2.16. The number of carbonyl (C=O) groups is 1. The van der Waals surface area contributed by atoms with Gasteiger partial charge in [-0.05, 0) is 32.2 Å². The Labute approximate surface area is 87.6 Å². The minimum Gasteiger partial charge on any atom is -0.343 e. The maximum absolute atomic E-state index is 11.7. The molecule has 0 saturated heterocycles. The molecule has 0 aliphatic carbocycles. The highest BCUT2D eigenvalue weighted by Gasteiger charge is 2.11. The molecule has 1 amide bonds. The minimum atomic E-state index is 0.273. The first-order valence-electron chi connectivity index (χ1n) is 5.59. The Morgan fingerprint density at radius 2 is 2.00 bits per heavy atom. The Bertz CT molecular complexity index is 157. The van der Waals surface area contributed by atoms with Gasteiger partial charge >= 0.3 is 0 Å². The topological polar surface area (TPSA) is 46.3 Å². The van der Waals surface area contributed by atoms with E-state index in [1.165, 1.54) is 0 Å². The van der Waals surface area contributed by atoms with Gasteiger partial charge in [0, 0.05) is 19.5 Å². The Morgan fingerprint density at radius 3 is 2.43 bits per heavy atom. The van der Waals surface area contributed by atoms with Crippen LogP contribution in [0.25, 0.3) is 0 Å². The van der Waals surface area contributed by atoms with Crippen LogP contribution in [0.1, 0.15) is 40.0 Å². The average molecular weight is 200 g/mol. The first kappa shape index (κ1) is 13.4. The van der Waals surface area contributed by atoms with Crippen LogP contribution < -0.4 is 5.73 Å². The number of unbranched alkanes of at least 4 members (excludes halogenated alkanes) is 1. The van der Waals surface area contributed by atoms with Crippen molar-refractivity contribution in [1.82, 2.24) is 4.90 Å². The van der Waals surface area contributed by atoms with Crippen molar-refractivity contribution in [2.75, 3.05) is 19.6 Å². The number of hydrogen-bond donors (Lipinski definition) is 1. The molecule has 3 heteroatoms. The van der Waals surface area contributed by atoms with Gasteiger partial charge in [-0.2, -0.15) is 0 Å². The van der Waals surface area contributed by atoms with E-state index in [1.807, 2.05) is 11.8 Å². The molecule has 0 fully saturated rings. The van der Waals surface area contributed by atoms with Gasteiger partial charge in [0.2, 0.25) is 5.91 Å². The number of amides is 1. The summed E-state index contributed by atoms with van der Waals surface area (Å²) in [6.45, 7) is 8.68. The molecule has 84 valence electrons. The summed E-state index contributed by atoms with van der Waals surface area (Å²) in [6, 6.07) is 0. The second-order valence-corrected chi connectivity index (χ2v) is 4.07. The summed E-state index contributed by atoms with van der Waals surface area (Å²) in [5.74, 6) is 0.822. The Kier molecular flexibility index (Phi) is 7.48. The van der Waals surface area contributed by atoms with E-state index in [2.05, 4.69) is 13.8 Å². The maximum atomic E-state index is 11.7. The summed E-state index contributed by atoms with van der Waals surface area (Å²) in [6.07, 6.45) is 2.52. The lowest BCUT2D eigenvalue weighted by atomic mass is 10.1. The lowest BCUT2D eigenvalue weighted by Crippen LogP contribution is -2.33. The molecule has 2 N–H and O–H groups in total. The Hall–Kier alpha value is -0.570. The highest BCUT2D eigenvalue weighted by Crippen LogP contribution is 2.04. The zero-order valence-electron chi connectivity index (χ0n) is 9.75. The highest BCUT2D eigenvalue weighted by atomic mass is 16.2. The number of nitrogens with zero attached hydrogens (tertiary/aromatic N) is 1. The lowest BCUT2D eigenvalue weighted by Gasteiger charge is -2.22. The lowest BCUT2D eigenvalue weighted by molar-refractivity contribution is -0.131. The van der Waals surface area contributed by atoms with Crippen molar-refractivity contribution in [1.29, 1.82) is 0 Å². The van der Waals surface area contributed by atoms with Crippen LogP contribution in [-0.2, 0) is 4.79 Å². The predicted octanol–water partition coefficient (Wildman–Crippen LogP) is 1.62. The van der Waals surface area contributed by atoms with Crippen molar-refractivity contribution in [3.63, 3.8) is 0 Å². The Morgan fingerprint density at radius 1 is 1.36 bits per heavy atom. The van der Waals surface area contributed by atoms with Gasteiger partial charge in [-0.1, -0.05) is 13.8 Å². The predicted molar refractivity (Wildman–Crippen MR) is 60.0 cm³/mol. The van der Waals surface area contributed by atoms with Crippen molar-refractivity contribution in [3.8, 4) is 0 Å². The molecule has 0 rings (SSSR count). The van der Waals surface area contributed by atoms with Gasteiger partial charge in [0.15, 0.2) is 0 Å². The van der Waals surface area contributed by atoms with Crippen molar-refractivity contribution in [2.24, 2.45) is 11.7 Å². The zero-order chi connectivity index (χ0) is 11.0. The molecule has 3 nitrogen and oxygen atoms in total. The molecule has 0 bridgehead atoms. The molecule has 0 aromatic heterocycles. The molecule has 0 aliphatic rings. The van der Waals surface area contributed by atoms with E-state index in [0.717, 1.165) is 25.9 Å². The summed E-state index contributed by atoms with van der Waals surface area (Å²) < 4.78 is 0. The van der Waals surface area contributed by atoms with Gasteiger partial charge in [-0.15, -0.1) is 0 Å². The summed E-state index contributed by atoms with van der Waals surface area (Å²) in [5, 5.41) is 0. The second kappa shape index (κ2) is 7.80. The van der Waals surface area contributed by atoms with Crippen LogP contribution in [0.3, 0.4) is 0 Å². The van der Waals surface area contributed by atoms with E-state index >= 15 is 0 Å². The summed E-state index contributed by atoms with van der Waals surface area (Å²) in [7, 11) is 0. The van der Waals surface area contributed by atoms with E-state index in [-0.39, 0.29) is 5.91 Å². The molecule has 0 aromatic rings. The highest BCUT2D eigenvalue weighted by molar-refractivity contribution is 5.76. The van der Waals surface area contributed by atoms with Crippen LogP contribution in [0, 0.1) is 5.92 Å². The van der Waals surface area contributed by atoms with Crippen molar-refractivity contribution in [2.45, 2.75) is 40.0 Å². The van der Waals surface area contributed by atoms with Crippen molar-refractivity contribution >= 4 is 5.91 Å². The number of carbonyl (C=O) groups excluding carboxylic acids is 1. The number of hydrogen-bond acceptors (Lipinski definition) is 2. The van der Waals surface area contributed by atoms with Gasteiger partial charge in [-0.25, -0.2) is 0 Å². The van der Waals surface area contributed by atoms with E-state index in [0.29, 0.717) is 18.9 Å². The molecule has 0 radical (unpaired) electrons. The molecule has 14 heavy (non-hydrogen) atoms. The van der Waals surface area contributed by atoms with Gasteiger partial charge in [0.25, 0.3) is 0 Å². The maximum Gasteiger partial charge on any atom is 0.222 e. The summed E-state index contributed by atoms with van der Waals surface area (Å²) >= 11 is 0. The molecule has 0 atom stereocenters. The quantitative estimate of drug-likeness (QED) is 0.635. The zero-order valence-corrected chi connectivity index (χ0v) is 9.75. The minimum absolute atomic E-state index is 0.273. The summed E-state index contributed by atoms with van der Waals surface area (Å²) in [4.78, 5) is 13.6. The monoisotopic (exact) mass is 200 g/mol. The molecule has 0 unspecified atom stereocenters.